The lowest BCUT2D eigenvalue weighted by molar-refractivity contribution is 0.299. The first-order valence-electron chi connectivity index (χ1n) is 8.41. The van der Waals surface area contributed by atoms with Gasteiger partial charge < -0.3 is 4.74 Å². The van der Waals surface area contributed by atoms with E-state index in [1.54, 1.807) is 42.5 Å². The first-order valence-corrected chi connectivity index (χ1v) is 8.79. The van der Waals surface area contributed by atoms with Crippen LogP contribution in [0.15, 0.2) is 66.7 Å². The second-order valence-corrected chi connectivity index (χ2v) is 6.53. The number of aryl methyl sites for hydroxylation is 1. The van der Waals surface area contributed by atoms with Crippen LogP contribution in [0.25, 0.3) is 11.6 Å². The number of rotatable bonds is 5. The van der Waals surface area contributed by atoms with Crippen molar-refractivity contribution in [3.63, 3.8) is 0 Å². The summed E-state index contributed by atoms with van der Waals surface area (Å²) in [5, 5.41) is 10.1. The third kappa shape index (κ3) is 4.75. The molecule has 0 aromatic heterocycles. The zero-order valence-electron chi connectivity index (χ0n) is 14.7. The lowest BCUT2D eigenvalue weighted by Crippen LogP contribution is -1.99. The number of hydrogen-bond donors (Lipinski definition) is 0. The fourth-order valence-electron chi connectivity index (χ4n) is 2.60. The molecule has 0 N–H and O–H groups in total. The summed E-state index contributed by atoms with van der Waals surface area (Å²) in [6, 6.07) is 21.5. The maximum Gasteiger partial charge on any atom is 0.129 e. The van der Waals surface area contributed by atoms with E-state index in [1.165, 1.54) is 6.07 Å². The Morgan fingerprint density at radius 2 is 1.85 bits per heavy atom. The lowest BCUT2D eigenvalue weighted by atomic mass is 10.0. The molecule has 0 saturated carbocycles. The van der Waals surface area contributed by atoms with Gasteiger partial charge in [-0.2, -0.15) is 5.26 Å². The molecule has 0 bridgehead atoms. The van der Waals surface area contributed by atoms with Crippen molar-refractivity contribution in [1.82, 2.24) is 0 Å². The zero-order chi connectivity index (χ0) is 19.2. The summed E-state index contributed by atoms with van der Waals surface area (Å²) in [5.41, 5.74) is 3.54. The Kier molecular flexibility index (Phi) is 5.90. The summed E-state index contributed by atoms with van der Waals surface area (Å²) in [5.74, 6) is 0.212. The minimum Gasteiger partial charge on any atom is -0.488 e. The van der Waals surface area contributed by atoms with Crippen LogP contribution in [-0.2, 0) is 6.61 Å². The molecule has 0 amide bonds. The third-order valence-electron chi connectivity index (χ3n) is 4.10. The van der Waals surface area contributed by atoms with E-state index in [4.69, 9.17) is 16.3 Å². The summed E-state index contributed by atoms with van der Waals surface area (Å²) in [7, 11) is 0. The van der Waals surface area contributed by atoms with E-state index >= 15 is 0 Å². The molecule has 3 aromatic rings. The van der Waals surface area contributed by atoms with E-state index in [0.717, 1.165) is 11.1 Å². The van der Waals surface area contributed by atoms with Crippen molar-refractivity contribution < 1.29 is 9.13 Å². The van der Waals surface area contributed by atoms with Crippen LogP contribution in [0.5, 0.6) is 5.75 Å². The monoisotopic (exact) mass is 377 g/mol. The molecule has 0 aliphatic rings. The van der Waals surface area contributed by atoms with Crippen molar-refractivity contribution >= 4 is 23.3 Å². The molecule has 0 saturated heterocycles. The molecule has 0 unspecified atom stereocenters. The second-order valence-electron chi connectivity index (χ2n) is 6.10. The largest absolute Gasteiger partial charge is 0.488 e. The van der Waals surface area contributed by atoms with Gasteiger partial charge in [0.15, 0.2) is 0 Å². The summed E-state index contributed by atoms with van der Waals surface area (Å²) < 4.78 is 19.6. The van der Waals surface area contributed by atoms with Gasteiger partial charge >= 0.3 is 0 Å². The molecule has 0 spiro atoms. The van der Waals surface area contributed by atoms with Gasteiger partial charge in [-0.3, -0.25) is 0 Å². The molecule has 0 radical (unpaired) electrons. The van der Waals surface area contributed by atoms with Crippen LogP contribution in [-0.4, -0.2) is 0 Å². The van der Waals surface area contributed by atoms with Gasteiger partial charge in [0.25, 0.3) is 0 Å². The fourth-order valence-corrected chi connectivity index (χ4v) is 2.78. The van der Waals surface area contributed by atoms with Gasteiger partial charge in [-0.25, -0.2) is 4.39 Å². The molecule has 0 fully saturated rings. The molecule has 2 nitrogen and oxygen atoms in total. The number of nitrogens with zero attached hydrogens (tertiary/aromatic N) is 1. The van der Waals surface area contributed by atoms with Gasteiger partial charge in [0, 0.05) is 16.1 Å². The van der Waals surface area contributed by atoms with Crippen LogP contribution < -0.4 is 4.74 Å². The van der Waals surface area contributed by atoms with E-state index in [9.17, 15) is 9.65 Å². The Bertz CT molecular complexity index is 1020. The summed E-state index contributed by atoms with van der Waals surface area (Å²) >= 11 is 6.12. The Hall–Kier alpha value is -3.09. The highest BCUT2D eigenvalue weighted by Crippen LogP contribution is 2.28. The van der Waals surface area contributed by atoms with Gasteiger partial charge in [0.2, 0.25) is 0 Å². The van der Waals surface area contributed by atoms with Crippen LogP contribution in [0.4, 0.5) is 4.39 Å². The van der Waals surface area contributed by atoms with E-state index in [1.807, 2.05) is 31.2 Å². The maximum absolute atomic E-state index is 13.8. The number of ether oxygens (including phenoxy) is 1. The van der Waals surface area contributed by atoms with Crippen molar-refractivity contribution in [3.05, 3.63) is 99.8 Å². The average molecular weight is 378 g/mol. The Morgan fingerprint density at radius 3 is 2.56 bits per heavy atom. The lowest BCUT2D eigenvalue weighted by Gasteiger charge is -2.11. The molecule has 0 aliphatic heterocycles. The predicted octanol–water partition coefficient (Wildman–Crippen LogP) is 6.43. The van der Waals surface area contributed by atoms with Crippen molar-refractivity contribution in [2.75, 3.05) is 0 Å². The highest BCUT2D eigenvalue weighted by molar-refractivity contribution is 6.30. The topological polar surface area (TPSA) is 33.0 Å². The van der Waals surface area contributed by atoms with Gasteiger partial charge in [0.1, 0.15) is 18.2 Å². The average Bonchev–Trinajstić information content (AvgIpc) is 2.67. The van der Waals surface area contributed by atoms with Crippen LogP contribution in [0.1, 0.15) is 22.3 Å². The van der Waals surface area contributed by atoms with Crippen LogP contribution in [0.3, 0.4) is 0 Å². The van der Waals surface area contributed by atoms with E-state index in [0.29, 0.717) is 27.5 Å². The van der Waals surface area contributed by atoms with Crippen LogP contribution in [0.2, 0.25) is 5.02 Å². The summed E-state index contributed by atoms with van der Waals surface area (Å²) in [4.78, 5) is 0. The molecule has 3 rings (SSSR count). The SMILES string of the molecule is Cc1ccc(/C(C#N)=C/c2cc(Cl)ccc2OCc2ccccc2F)cc1. The minimum atomic E-state index is -0.319. The Morgan fingerprint density at radius 1 is 1.11 bits per heavy atom. The number of hydrogen-bond acceptors (Lipinski definition) is 2. The Labute approximate surface area is 163 Å². The highest BCUT2D eigenvalue weighted by Gasteiger charge is 2.08. The predicted molar refractivity (Wildman–Crippen MR) is 107 cm³/mol. The zero-order valence-corrected chi connectivity index (χ0v) is 15.5. The van der Waals surface area contributed by atoms with Crippen molar-refractivity contribution in [2.24, 2.45) is 0 Å². The maximum atomic E-state index is 13.8. The van der Waals surface area contributed by atoms with E-state index < -0.39 is 0 Å². The van der Waals surface area contributed by atoms with Crippen molar-refractivity contribution in [1.29, 1.82) is 5.26 Å². The molecule has 4 heteroatoms. The number of allylic oxidation sites excluding steroid dienone is 1. The normalized spacial score (nSPS) is 11.1. The van der Waals surface area contributed by atoms with Crippen LogP contribution in [0, 0.1) is 24.1 Å². The summed E-state index contributed by atoms with van der Waals surface area (Å²) in [6.07, 6.45) is 1.73. The standard InChI is InChI=1S/C23H17ClFNO/c1-16-6-8-17(9-7-16)20(14-26)12-19-13-21(24)10-11-23(19)27-15-18-4-2-3-5-22(18)25/h2-13H,15H2,1H3/b20-12+. The second kappa shape index (κ2) is 8.53. The number of nitriles is 1. The fraction of sp³-hybridized carbons (Fsp3) is 0.0870. The quantitative estimate of drug-likeness (QED) is 0.379. The molecular weight excluding hydrogens is 361 g/mol. The highest BCUT2D eigenvalue weighted by atomic mass is 35.5. The molecule has 134 valence electrons. The number of halogens is 2. The van der Waals surface area contributed by atoms with Gasteiger partial charge in [-0.15, -0.1) is 0 Å². The molecule has 0 heterocycles. The third-order valence-corrected chi connectivity index (χ3v) is 4.33. The first-order chi connectivity index (χ1) is 13.1. The minimum absolute atomic E-state index is 0.0849. The van der Waals surface area contributed by atoms with E-state index in [2.05, 4.69) is 6.07 Å². The molecule has 27 heavy (non-hydrogen) atoms. The smallest absolute Gasteiger partial charge is 0.129 e. The van der Waals surface area contributed by atoms with Gasteiger partial charge in [0.05, 0.1) is 11.6 Å². The van der Waals surface area contributed by atoms with Crippen LogP contribution >= 0.6 is 11.6 Å². The van der Waals surface area contributed by atoms with E-state index in [-0.39, 0.29) is 12.4 Å². The molecular formula is C23H17ClFNO. The molecule has 3 aromatic carbocycles. The molecule has 0 atom stereocenters. The van der Waals surface area contributed by atoms with Gasteiger partial charge in [-0.1, -0.05) is 59.6 Å². The summed E-state index contributed by atoms with van der Waals surface area (Å²) in [6.45, 7) is 2.08. The van der Waals surface area contributed by atoms with Crippen molar-refractivity contribution in [3.8, 4) is 11.8 Å². The molecule has 0 aliphatic carbocycles. The number of benzene rings is 3. The van der Waals surface area contributed by atoms with Crippen molar-refractivity contribution in [2.45, 2.75) is 13.5 Å². The first kappa shape index (κ1) is 18.7. The Balaban J connectivity index is 1.92. The van der Waals surface area contributed by atoms with Gasteiger partial charge in [-0.05, 0) is 42.8 Å².